The number of nitrogens with zero attached hydrogens (tertiary/aromatic N) is 1. The summed E-state index contributed by atoms with van der Waals surface area (Å²) in [4.78, 5) is 30.4. The summed E-state index contributed by atoms with van der Waals surface area (Å²) >= 11 is 13.7. The first-order valence-corrected chi connectivity index (χ1v) is 15.0. The summed E-state index contributed by atoms with van der Waals surface area (Å²) in [6.45, 7) is 0.344. The molecule has 0 spiro atoms. The molecule has 38 heavy (non-hydrogen) atoms. The first-order valence-electron chi connectivity index (χ1n) is 13.2. The van der Waals surface area contributed by atoms with Crippen LogP contribution >= 0.6 is 35.0 Å². The van der Waals surface area contributed by atoms with E-state index in [-0.39, 0.29) is 17.9 Å². The lowest BCUT2D eigenvalue weighted by Crippen LogP contribution is -2.52. The zero-order chi connectivity index (χ0) is 26.7. The average Bonchev–Trinajstić information content (AvgIpc) is 2.94. The second kappa shape index (κ2) is 14.6. The third-order valence-corrected chi connectivity index (χ3v) is 8.40. The smallest absolute Gasteiger partial charge is 0.243 e. The van der Waals surface area contributed by atoms with E-state index in [0.717, 1.165) is 41.7 Å². The maximum atomic E-state index is 13.8. The molecule has 200 valence electrons. The summed E-state index contributed by atoms with van der Waals surface area (Å²) in [5.74, 6) is 0.495. The Hall–Kier alpha value is -2.47. The predicted octanol–water partition coefficient (Wildman–Crippen LogP) is 7.56. The summed E-state index contributed by atoms with van der Waals surface area (Å²) in [6.07, 6.45) is 6.24. The van der Waals surface area contributed by atoms with Crippen LogP contribution < -0.4 is 5.32 Å². The predicted molar refractivity (Wildman–Crippen MR) is 158 cm³/mol. The molecule has 1 aliphatic carbocycles. The number of rotatable bonds is 11. The highest BCUT2D eigenvalue weighted by Gasteiger charge is 2.31. The lowest BCUT2D eigenvalue weighted by atomic mass is 9.94. The van der Waals surface area contributed by atoms with Crippen molar-refractivity contribution in [3.05, 3.63) is 100 Å². The molecular formula is C31H34Cl2N2O2S. The topological polar surface area (TPSA) is 49.4 Å². The monoisotopic (exact) mass is 568 g/mol. The van der Waals surface area contributed by atoms with Crippen LogP contribution in [0, 0.1) is 0 Å². The Morgan fingerprint density at radius 3 is 2.13 bits per heavy atom. The van der Waals surface area contributed by atoms with Crippen molar-refractivity contribution in [2.24, 2.45) is 0 Å². The van der Waals surface area contributed by atoms with E-state index in [1.807, 2.05) is 78.9 Å². The van der Waals surface area contributed by atoms with Gasteiger partial charge in [0.1, 0.15) is 6.04 Å². The fourth-order valence-corrected chi connectivity index (χ4v) is 5.91. The van der Waals surface area contributed by atoms with Gasteiger partial charge >= 0.3 is 0 Å². The van der Waals surface area contributed by atoms with Crippen molar-refractivity contribution in [1.29, 1.82) is 0 Å². The molecule has 1 atom stereocenters. The van der Waals surface area contributed by atoms with Gasteiger partial charge in [-0.1, -0.05) is 84.9 Å². The van der Waals surface area contributed by atoms with Crippen LogP contribution in [-0.2, 0) is 22.6 Å². The van der Waals surface area contributed by atoms with Gasteiger partial charge in [-0.25, -0.2) is 0 Å². The number of nitrogens with one attached hydrogen (secondary N) is 1. The van der Waals surface area contributed by atoms with E-state index in [9.17, 15) is 9.59 Å². The second-order valence-electron chi connectivity index (χ2n) is 9.75. The Balaban J connectivity index is 1.55. The van der Waals surface area contributed by atoms with Crippen LogP contribution in [0.25, 0.3) is 0 Å². The molecule has 3 aromatic rings. The molecule has 0 unspecified atom stereocenters. The van der Waals surface area contributed by atoms with Crippen LogP contribution in [0.5, 0.6) is 0 Å². The Morgan fingerprint density at radius 1 is 0.842 bits per heavy atom. The fourth-order valence-electron chi connectivity index (χ4n) is 4.82. The first kappa shape index (κ1) is 28.5. The standard InChI is InChI=1S/C31H34Cl2N2O2S/c32-25-13-11-24(12-14-25)22-35(30(36)19-20-38-28-17-15-26(33)16-18-28)29(21-23-7-3-1-4-8-23)31(37)34-27-9-5-2-6-10-27/h1,3-4,7-8,11-18,27,29H,2,5-6,9-10,19-22H2,(H,34,37)/t29-/m1/s1. The SMILES string of the molecule is O=C(NC1CCCCC1)[C@@H](Cc1ccccc1)N(Cc1ccc(Cl)cc1)C(=O)CCSc1ccc(Cl)cc1. The van der Waals surface area contributed by atoms with Crippen LogP contribution in [-0.4, -0.2) is 34.6 Å². The second-order valence-corrected chi connectivity index (χ2v) is 11.8. The minimum atomic E-state index is -0.608. The van der Waals surface area contributed by atoms with Crippen molar-refractivity contribution in [2.75, 3.05) is 5.75 Å². The molecular weight excluding hydrogens is 535 g/mol. The molecule has 1 saturated carbocycles. The molecule has 0 saturated heterocycles. The van der Waals surface area contributed by atoms with Crippen molar-refractivity contribution in [3.63, 3.8) is 0 Å². The molecule has 2 amide bonds. The maximum absolute atomic E-state index is 13.8. The van der Waals surface area contributed by atoms with Gasteiger partial charge in [-0.2, -0.15) is 0 Å². The summed E-state index contributed by atoms with van der Waals surface area (Å²) in [5, 5.41) is 4.61. The number of amides is 2. The van der Waals surface area contributed by atoms with Crippen molar-refractivity contribution in [3.8, 4) is 0 Å². The van der Waals surface area contributed by atoms with Crippen LogP contribution in [0.15, 0.2) is 83.8 Å². The third-order valence-electron chi connectivity index (χ3n) is 6.89. The van der Waals surface area contributed by atoms with Gasteiger partial charge in [-0.05, 0) is 60.4 Å². The quantitative estimate of drug-likeness (QED) is 0.243. The first-order chi connectivity index (χ1) is 18.5. The minimum Gasteiger partial charge on any atom is -0.352 e. The summed E-state index contributed by atoms with van der Waals surface area (Å²) in [5.41, 5.74) is 1.97. The van der Waals surface area contributed by atoms with Gasteiger partial charge in [-0.3, -0.25) is 9.59 Å². The number of benzene rings is 3. The van der Waals surface area contributed by atoms with Crippen molar-refractivity contribution < 1.29 is 9.59 Å². The highest BCUT2D eigenvalue weighted by Crippen LogP contribution is 2.24. The molecule has 0 bridgehead atoms. The zero-order valence-corrected chi connectivity index (χ0v) is 23.8. The number of thioether (sulfide) groups is 1. The van der Waals surface area contributed by atoms with E-state index in [2.05, 4.69) is 5.32 Å². The Labute approximate surface area is 240 Å². The largest absolute Gasteiger partial charge is 0.352 e. The fraction of sp³-hybridized carbons (Fsp3) is 0.355. The molecule has 1 N–H and O–H groups in total. The molecule has 1 aliphatic rings. The average molecular weight is 570 g/mol. The van der Waals surface area contributed by atoms with Crippen LogP contribution in [0.4, 0.5) is 0 Å². The Morgan fingerprint density at radius 2 is 1.47 bits per heavy atom. The highest BCUT2D eigenvalue weighted by atomic mass is 35.5. The molecule has 4 nitrogen and oxygen atoms in total. The van der Waals surface area contributed by atoms with Crippen LogP contribution in [0.2, 0.25) is 10.0 Å². The highest BCUT2D eigenvalue weighted by molar-refractivity contribution is 7.99. The van der Waals surface area contributed by atoms with E-state index in [1.54, 1.807) is 16.7 Å². The number of hydrogen-bond acceptors (Lipinski definition) is 3. The van der Waals surface area contributed by atoms with Gasteiger partial charge in [-0.15, -0.1) is 11.8 Å². The molecule has 1 fully saturated rings. The van der Waals surface area contributed by atoms with E-state index >= 15 is 0 Å². The van der Waals surface area contributed by atoms with E-state index in [4.69, 9.17) is 23.2 Å². The molecule has 7 heteroatoms. The lowest BCUT2D eigenvalue weighted by Gasteiger charge is -2.33. The Kier molecular flexibility index (Phi) is 11.0. The molecule has 4 rings (SSSR count). The van der Waals surface area contributed by atoms with Crippen LogP contribution in [0.1, 0.15) is 49.7 Å². The molecule has 0 radical (unpaired) electrons. The summed E-state index contributed by atoms with van der Waals surface area (Å²) in [7, 11) is 0. The number of carbonyl (C=O) groups is 2. The molecule has 0 aromatic heterocycles. The van der Waals surface area contributed by atoms with Crippen molar-refractivity contribution in [2.45, 2.75) is 68.5 Å². The molecule has 0 aliphatic heterocycles. The van der Waals surface area contributed by atoms with E-state index in [1.165, 1.54) is 6.42 Å². The van der Waals surface area contributed by atoms with Crippen molar-refractivity contribution >= 4 is 46.8 Å². The summed E-state index contributed by atoms with van der Waals surface area (Å²) in [6, 6.07) is 24.6. The number of hydrogen-bond donors (Lipinski definition) is 1. The lowest BCUT2D eigenvalue weighted by molar-refractivity contribution is -0.141. The Bertz CT molecular complexity index is 1170. The summed E-state index contributed by atoms with van der Waals surface area (Å²) < 4.78 is 0. The molecule has 3 aromatic carbocycles. The third kappa shape index (κ3) is 8.79. The number of carbonyl (C=O) groups excluding carboxylic acids is 2. The van der Waals surface area contributed by atoms with Gasteiger partial charge < -0.3 is 10.2 Å². The van der Waals surface area contributed by atoms with Gasteiger partial charge in [0, 0.05) is 46.1 Å². The zero-order valence-electron chi connectivity index (χ0n) is 21.5. The van der Waals surface area contributed by atoms with E-state index < -0.39 is 6.04 Å². The van der Waals surface area contributed by atoms with Crippen molar-refractivity contribution in [1.82, 2.24) is 10.2 Å². The van der Waals surface area contributed by atoms with Gasteiger partial charge in [0.25, 0.3) is 0 Å². The number of halogens is 2. The van der Waals surface area contributed by atoms with E-state index in [0.29, 0.717) is 35.2 Å². The van der Waals surface area contributed by atoms with Gasteiger partial charge in [0.05, 0.1) is 0 Å². The van der Waals surface area contributed by atoms with Gasteiger partial charge in [0.15, 0.2) is 0 Å². The molecule has 0 heterocycles. The normalized spacial score (nSPS) is 14.6. The van der Waals surface area contributed by atoms with Crippen LogP contribution in [0.3, 0.4) is 0 Å². The maximum Gasteiger partial charge on any atom is 0.243 e. The van der Waals surface area contributed by atoms with Gasteiger partial charge in [0.2, 0.25) is 11.8 Å². The minimum absolute atomic E-state index is 0.0406.